The second-order valence-electron chi connectivity index (χ2n) is 5.01. The van der Waals surface area contributed by atoms with Crippen molar-refractivity contribution < 1.29 is 9.15 Å². The van der Waals surface area contributed by atoms with E-state index in [1.54, 1.807) is 13.0 Å². The summed E-state index contributed by atoms with van der Waals surface area (Å²) in [4.78, 5) is 11.7. The van der Waals surface area contributed by atoms with E-state index in [9.17, 15) is 4.79 Å². The molecule has 0 aliphatic heterocycles. The SMILES string of the molecule is Cc1nscc1COc1ccc2c(C)c(C)c(=O)oc2c1. The highest BCUT2D eigenvalue weighted by atomic mass is 32.1. The van der Waals surface area contributed by atoms with Gasteiger partial charge in [0.2, 0.25) is 0 Å². The van der Waals surface area contributed by atoms with Gasteiger partial charge in [0.25, 0.3) is 0 Å². The number of hydrogen-bond acceptors (Lipinski definition) is 5. The first-order valence-corrected chi connectivity index (χ1v) is 7.46. The van der Waals surface area contributed by atoms with Gasteiger partial charge in [-0.05, 0) is 50.0 Å². The lowest BCUT2D eigenvalue weighted by atomic mass is 10.1. The first kappa shape index (κ1) is 13.8. The Labute approximate surface area is 126 Å². The number of benzene rings is 1. The van der Waals surface area contributed by atoms with Crippen LogP contribution in [-0.2, 0) is 6.61 Å². The Morgan fingerprint density at radius 1 is 1.24 bits per heavy atom. The summed E-state index contributed by atoms with van der Waals surface area (Å²) >= 11 is 1.42. The quantitative estimate of drug-likeness (QED) is 0.691. The van der Waals surface area contributed by atoms with Gasteiger partial charge >= 0.3 is 5.63 Å². The summed E-state index contributed by atoms with van der Waals surface area (Å²) in [7, 11) is 0. The van der Waals surface area contributed by atoms with Crippen LogP contribution >= 0.6 is 11.5 Å². The summed E-state index contributed by atoms with van der Waals surface area (Å²) in [6.45, 7) is 6.12. The van der Waals surface area contributed by atoms with Crippen LogP contribution in [0, 0.1) is 20.8 Å². The van der Waals surface area contributed by atoms with Crippen molar-refractivity contribution in [3.8, 4) is 5.75 Å². The van der Waals surface area contributed by atoms with Crippen LogP contribution in [0.2, 0.25) is 0 Å². The largest absolute Gasteiger partial charge is 0.489 e. The molecule has 0 radical (unpaired) electrons. The second kappa shape index (κ2) is 5.33. The highest BCUT2D eigenvalue weighted by molar-refractivity contribution is 7.03. The fourth-order valence-corrected chi connectivity index (χ4v) is 2.82. The van der Waals surface area contributed by atoms with Crippen molar-refractivity contribution in [3.05, 3.63) is 56.4 Å². The van der Waals surface area contributed by atoms with E-state index in [4.69, 9.17) is 9.15 Å². The highest BCUT2D eigenvalue weighted by Gasteiger charge is 2.09. The summed E-state index contributed by atoms with van der Waals surface area (Å²) < 4.78 is 15.3. The van der Waals surface area contributed by atoms with Crippen LogP contribution in [0.15, 0.2) is 32.8 Å². The minimum atomic E-state index is -0.296. The van der Waals surface area contributed by atoms with Gasteiger partial charge in [-0.15, -0.1) is 0 Å². The van der Waals surface area contributed by atoms with Crippen LogP contribution in [0.5, 0.6) is 5.75 Å². The number of fused-ring (bicyclic) bond motifs is 1. The van der Waals surface area contributed by atoms with Gasteiger partial charge in [-0.1, -0.05) is 0 Å². The molecule has 0 saturated carbocycles. The van der Waals surface area contributed by atoms with Gasteiger partial charge in [0.1, 0.15) is 17.9 Å². The third-order valence-electron chi connectivity index (χ3n) is 3.67. The minimum Gasteiger partial charge on any atom is -0.489 e. The van der Waals surface area contributed by atoms with Crippen molar-refractivity contribution in [2.75, 3.05) is 0 Å². The molecule has 0 bridgehead atoms. The minimum absolute atomic E-state index is 0.296. The maximum Gasteiger partial charge on any atom is 0.339 e. The van der Waals surface area contributed by atoms with Crippen LogP contribution in [0.1, 0.15) is 22.4 Å². The van der Waals surface area contributed by atoms with Gasteiger partial charge in [0.15, 0.2) is 0 Å². The lowest BCUT2D eigenvalue weighted by molar-refractivity contribution is 0.305. The summed E-state index contributed by atoms with van der Waals surface area (Å²) in [6.07, 6.45) is 0. The van der Waals surface area contributed by atoms with Gasteiger partial charge in [0.05, 0.1) is 5.69 Å². The second-order valence-corrected chi connectivity index (χ2v) is 5.64. The number of hydrogen-bond donors (Lipinski definition) is 0. The summed E-state index contributed by atoms with van der Waals surface area (Å²) in [5.41, 5.74) is 3.91. The smallest absolute Gasteiger partial charge is 0.339 e. The zero-order valence-electron chi connectivity index (χ0n) is 12.1. The van der Waals surface area contributed by atoms with E-state index in [0.29, 0.717) is 23.5 Å². The molecule has 0 aliphatic rings. The van der Waals surface area contributed by atoms with Crippen LogP contribution < -0.4 is 10.4 Å². The Balaban J connectivity index is 1.93. The van der Waals surface area contributed by atoms with Crippen molar-refractivity contribution in [2.24, 2.45) is 0 Å². The van der Waals surface area contributed by atoms with E-state index in [0.717, 1.165) is 22.2 Å². The Kier molecular flexibility index (Phi) is 3.51. The number of rotatable bonds is 3. The first-order chi connectivity index (χ1) is 10.1. The molecule has 108 valence electrons. The molecule has 0 amide bonds. The van der Waals surface area contributed by atoms with E-state index in [1.165, 1.54) is 11.5 Å². The molecule has 0 aliphatic carbocycles. The van der Waals surface area contributed by atoms with Crippen LogP contribution in [0.25, 0.3) is 11.0 Å². The van der Waals surface area contributed by atoms with Gasteiger partial charge in [-0.2, -0.15) is 4.37 Å². The predicted molar refractivity (Wildman–Crippen MR) is 83.1 cm³/mol. The molecule has 0 fully saturated rings. The molecule has 21 heavy (non-hydrogen) atoms. The Morgan fingerprint density at radius 3 is 2.76 bits per heavy atom. The van der Waals surface area contributed by atoms with E-state index < -0.39 is 0 Å². The zero-order valence-corrected chi connectivity index (χ0v) is 12.9. The molecule has 4 nitrogen and oxygen atoms in total. The topological polar surface area (TPSA) is 52.3 Å². The van der Waals surface area contributed by atoms with E-state index in [1.807, 2.05) is 31.4 Å². The van der Waals surface area contributed by atoms with Crippen molar-refractivity contribution in [1.82, 2.24) is 4.37 Å². The molecule has 0 spiro atoms. The van der Waals surface area contributed by atoms with Gasteiger partial charge < -0.3 is 9.15 Å². The monoisotopic (exact) mass is 301 g/mol. The zero-order chi connectivity index (χ0) is 15.0. The lowest BCUT2D eigenvalue weighted by Crippen LogP contribution is -2.05. The molecule has 0 atom stereocenters. The van der Waals surface area contributed by atoms with Crippen molar-refractivity contribution in [2.45, 2.75) is 27.4 Å². The average Bonchev–Trinajstić information content (AvgIpc) is 2.88. The number of ether oxygens (including phenoxy) is 1. The van der Waals surface area contributed by atoms with Crippen LogP contribution in [-0.4, -0.2) is 4.37 Å². The number of aryl methyl sites for hydroxylation is 2. The van der Waals surface area contributed by atoms with Crippen LogP contribution in [0.4, 0.5) is 0 Å². The van der Waals surface area contributed by atoms with Crippen molar-refractivity contribution in [1.29, 1.82) is 0 Å². The van der Waals surface area contributed by atoms with Crippen LogP contribution in [0.3, 0.4) is 0 Å². The van der Waals surface area contributed by atoms with Crippen molar-refractivity contribution in [3.63, 3.8) is 0 Å². The van der Waals surface area contributed by atoms with E-state index in [2.05, 4.69) is 4.37 Å². The average molecular weight is 301 g/mol. The highest BCUT2D eigenvalue weighted by Crippen LogP contribution is 2.24. The third-order valence-corrected chi connectivity index (χ3v) is 4.44. The summed E-state index contributed by atoms with van der Waals surface area (Å²) in [5.74, 6) is 0.680. The van der Waals surface area contributed by atoms with E-state index >= 15 is 0 Å². The van der Waals surface area contributed by atoms with Gasteiger partial charge in [-0.25, -0.2) is 4.79 Å². The molecular weight excluding hydrogens is 286 g/mol. The fourth-order valence-electron chi connectivity index (χ4n) is 2.13. The number of aromatic nitrogens is 1. The van der Waals surface area contributed by atoms with Gasteiger partial charge in [0, 0.05) is 28.0 Å². The summed E-state index contributed by atoms with van der Waals surface area (Å²) in [6, 6.07) is 5.58. The number of nitrogens with zero attached hydrogens (tertiary/aromatic N) is 1. The molecule has 1 aromatic carbocycles. The third kappa shape index (κ3) is 2.56. The molecule has 2 aromatic heterocycles. The Bertz CT molecular complexity index is 864. The van der Waals surface area contributed by atoms with E-state index in [-0.39, 0.29) is 5.63 Å². The molecule has 0 saturated heterocycles. The van der Waals surface area contributed by atoms with Gasteiger partial charge in [-0.3, -0.25) is 0 Å². The standard InChI is InChI=1S/C16H15NO3S/c1-9-10(2)16(18)20-15-6-13(4-5-14(9)15)19-7-12-8-21-17-11(12)3/h4-6,8H,7H2,1-3H3. The molecule has 5 heteroatoms. The fraction of sp³-hybridized carbons (Fsp3) is 0.250. The normalized spacial score (nSPS) is 11.0. The molecule has 3 rings (SSSR count). The summed E-state index contributed by atoms with van der Waals surface area (Å²) in [5, 5.41) is 2.91. The maximum absolute atomic E-state index is 11.7. The Hall–Kier alpha value is -2.14. The molecule has 0 unspecified atom stereocenters. The Morgan fingerprint density at radius 2 is 2.05 bits per heavy atom. The van der Waals surface area contributed by atoms with Crippen molar-refractivity contribution >= 4 is 22.5 Å². The predicted octanol–water partition coefficient (Wildman–Crippen LogP) is 3.75. The molecular formula is C16H15NO3S. The lowest BCUT2D eigenvalue weighted by Gasteiger charge is -2.08. The first-order valence-electron chi connectivity index (χ1n) is 6.63. The molecule has 0 N–H and O–H groups in total. The molecule has 2 heterocycles. The molecule has 3 aromatic rings. The maximum atomic E-state index is 11.7.